The number of benzene rings is 2. The van der Waals surface area contributed by atoms with Gasteiger partial charge in [-0.1, -0.05) is 25.6 Å². The Morgan fingerprint density at radius 3 is 2.58 bits per heavy atom. The fourth-order valence-corrected chi connectivity index (χ4v) is 2.07. The van der Waals surface area contributed by atoms with Crippen LogP contribution in [0.5, 0.6) is 5.75 Å². The predicted molar refractivity (Wildman–Crippen MR) is 75.4 cm³/mol. The van der Waals surface area contributed by atoms with Crippen molar-refractivity contribution < 1.29 is 14.3 Å². The highest BCUT2D eigenvalue weighted by atomic mass is 16.3. The molecule has 96 valence electrons. The molecule has 3 heteroatoms. The first kappa shape index (κ1) is 12.9. The van der Waals surface area contributed by atoms with Crippen molar-refractivity contribution in [2.75, 3.05) is 0 Å². The van der Waals surface area contributed by atoms with Gasteiger partial charge < -0.3 is 9.52 Å². The Bertz CT molecular complexity index is 712. The molecule has 0 aliphatic carbocycles. The number of hydrogen-bond donors (Lipinski definition) is 1. The van der Waals surface area contributed by atoms with Gasteiger partial charge in [-0.25, -0.2) is 0 Å². The van der Waals surface area contributed by atoms with Crippen molar-refractivity contribution in [1.82, 2.24) is 0 Å². The average molecular weight is 254 g/mol. The summed E-state index contributed by atoms with van der Waals surface area (Å²) in [5, 5.41) is 11.3. The minimum atomic E-state index is 0. The molecule has 2 aromatic carbocycles. The zero-order valence-electron chi connectivity index (χ0n) is 9.46. The van der Waals surface area contributed by atoms with Crippen LogP contribution in [0.2, 0.25) is 0 Å². The summed E-state index contributed by atoms with van der Waals surface area (Å²) in [6, 6.07) is 10.9. The quantitative estimate of drug-likeness (QED) is 0.695. The number of hydrogen-bond acceptors (Lipinski definition) is 3. The summed E-state index contributed by atoms with van der Waals surface area (Å²) >= 11 is 0. The lowest BCUT2D eigenvalue weighted by atomic mass is 10.00. The molecular weight excluding hydrogens is 240 g/mol. The molecule has 0 atom stereocenters. The molecule has 0 aliphatic rings. The predicted octanol–water partition coefficient (Wildman–Crippen LogP) is 4.25. The van der Waals surface area contributed by atoms with E-state index in [4.69, 9.17) is 4.42 Å². The van der Waals surface area contributed by atoms with Crippen molar-refractivity contribution in [3.63, 3.8) is 0 Å². The SMILES string of the molecule is C.O=Cc1c(O)ccc2cc(-c3ccoc3)ccc12. The molecule has 0 radical (unpaired) electrons. The highest BCUT2D eigenvalue weighted by Crippen LogP contribution is 2.29. The van der Waals surface area contributed by atoms with Crippen molar-refractivity contribution in [2.24, 2.45) is 0 Å². The molecule has 0 bridgehead atoms. The Balaban J connectivity index is 0.00000133. The molecule has 0 fully saturated rings. The van der Waals surface area contributed by atoms with E-state index in [1.165, 1.54) is 6.07 Å². The van der Waals surface area contributed by atoms with Crippen LogP contribution < -0.4 is 0 Å². The standard InChI is InChI=1S/C15H10O3.CH4/c16-8-14-13-3-1-10(12-5-6-18-9-12)7-11(13)2-4-15(14)17;/h1-9,17H;1H4. The molecule has 19 heavy (non-hydrogen) atoms. The van der Waals surface area contributed by atoms with Crippen molar-refractivity contribution in [3.8, 4) is 16.9 Å². The van der Waals surface area contributed by atoms with Gasteiger partial charge in [0.2, 0.25) is 0 Å². The second kappa shape index (κ2) is 4.98. The number of furan rings is 1. The Morgan fingerprint density at radius 2 is 1.89 bits per heavy atom. The molecule has 1 aromatic heterocycles. The molecule has 0 spiro atoms. The summed E-state index contributed by atoms with van der Waals surface area (Å²) in [6.07, 6.45) is 3.96. The second-order valence-electron chi connectivity index (χ2n) is 4.06. The summed E-state index contributed by atoms with van der Waals surface area (Å²) in [4.78, 5) is 11.0. The van der Waals surface area contributed by atoms with Crippen LogP contribution in [0.25, 0.3) is 21.9 Å². The fourth-order valence-electron chi connectivity index (χ4n) is 2.07. The maximum atomic E-state index is 11.0. The van der Waals surface area contributed by atoms with Crippen LogP contribution >= 0.6 is 0 Å². The molecular formula is C16H14O3. The molecule has 1 heterocycles. The zero-order valence-corrected chi connectivity index (χ0v) is 9.46. The van der Waals surface area contributed by atoms with Gasteiger partial charge in [0, 0.05) is 5.56 Å². The number of rotatable bonds is 2. The molecule has 0 aliphatic heterocycles. The minimum absolute atomic E-state index is 0. The molecule has 3 nitrogen and oxygen atoms in total. The molecule has 3 aromatic rings. The Hall–Kier alpha value is -2.55. The van der Waals surface area contributed by atoms with Gasteiger partial charge in [0.05, 0.1) is 18.1 Å². The Kier molecular flexibility index (Phi) is 3.38. The summed E-state index contributed by atoms with van der Waals surface area (Å²) < 4.78 is 5.05. The first-order valence-corrected chi connectivity index (χ1v) is 5.53. The van der Waals surface area contributed by atoms with Crippen LogP contribution in [-0.2, 0) is 0 Å². The van der Waals surface area contributed by atoms with E-state index in [0.717, 1.165) is 21.9 Å². The number of fused-ring (bicyclic) bond motifs is 1. The van der Waals surface area contributed by atoms with Crippen LogP contribution in [0.1, 0.15) is 17.8 Å². The second-order valence-corrected chi connectivity index (χ2v) is 4.06. The van der Waals surface area contributed by atoms with E-state index in [1.54, 1.807) is 18.6 Å². The normalized spacial score (nSPS) is 10.1. The van der Waals surface area contributed by atoms with E-state index < -0.39 is 0 Å². The number of carbonyl (C=O) groups is 1. The average Bonchev–Trinajstić information content (AvgIpc) is 2.92. The van der Waals surface area contributed by atoms with Crippen molar-refractivity contribution >= 4 is 17.1 Å². The van der Waals surface area contributed by atoms with Gasteiger partial charge in [-0.3, -0.25) is 4.79 Å². The van der Waals surface area contributed by atoms with E-state index in [1.807, 2.05) is 24.3 Å². The Morgan fingerprint density at radius 1 is 1.05 bits per heavy atom. The van der Waals surface area contributed by atoms with E-state index >= 15 is 0 Å². The lowest BCUT2D eigenvalue weighted by molar-refractivity contribution is 0.112. The molecule has 0 saturated heterocycles. The van der Waals surface area contributed by atoms with Crippen LogP contribution in [0.15, 0.2) is 53.3 Å². The first-order valence-electron chi connectivity index (χ1n) is 5.53. The molecule has 1 N–H and O–H groups in total. The monoisotopic (exact) mass is 254 g/mol. The van der Waals surface area contributed by atoms with Crippen molar-refractivity contribution in [2.45, 2.75) is 7.43 Å². The number of phenols is 1. The van der Waals surface area contributed by atoms with Crippen LogP contribution in [-0.4, -0.2) is 11.4 Å². The van der Waals surface area contributed by atoms with Crippen LogP contribution in [0, 0.1) is 0 Å². The zero-order chi connectivity index (χ0) is 12.5. The third kappa shape index (κ3) is 2.10. The van der Waals surface area contributed by atoms with Gasteiger partial charge in [-0.15, -0.1) is 0 Å². The summed E-state index contributed by atoms with van der Waals surface area (Å²) in [7, 11) is 0. The first-order chi connectivity index (χ1) is 8.79. The minimum Gasteiger partial charge on any atom is -0.507 e. The summed E-state index contributed by atoms with van der Waals surface area (Å²) in [6.45, 7) is 0. The topological polar surface area (TPSA) is 50.4 Å². The maximum absolute atomic E-state index is 11.0. The smallest absolute Gasteiger partial charge is 0.154 e. The number of aldehydes is 1. The van der Waals surface area contributed by atoms with E-state index in [9.17, 15) is 9.90 Å². The van der Waals surface area contributed by atoms with Crippen molar-refractivity contribution in [3.05, 3.63) is 54.5 Å². The summed E-state index contributed by atoms with van der Waals surface area (Å²) in [5.74, 6) is 0.00793. The Labute approximate surface area is 111 Å². The third-order valence-electron chi connectivity index (χ3n) is 3.01. The molecule has 0 saturated carbocycles. The van der Waals surface area contributed by atoms with E-state index in [-0.39, 0.29) is 13.2 Å². The molecule has 3 rings (SSSR count). The summed E-state index contributed by atoms with van der Waals surface area (Å²) in [5.41, 5.74) is 2.32. The maximum Gasteiger partial charge on any atom is 0.154 e. The van der Waals surface area contributed by atoms with Gasteiger partial charge in [0.15, 0.2) is 6.29 Å². The number of aromatic hydroxyl groups is 1. The van der Waals surface area contributed by atoms with Gasteiger partial charge in [-0.05, 0) is 34.5 Å². The van der Waals surface area contributed by atoms with E-state index in [2.05, 4.69) is 0 Å². The number of carbonyl (C=O) groups excluding carboxylic acids is 1. The molecule has 0 unspecified atom stereocenters. The van der Waals surface area contributed by atoms with Gasteiger partial charge in [0.1, 0.15) is 5.75 Å². The highest BCUT2D eigenvalue weighted by Gasteiger charge is 2.07. The van der Waals surface area contributed by atoms with Gasteiger partial charge in [-0.2, -0.15) is 0 Å². The molecule has 0 amide bonds. The van der Waals surface area contributed by atoms with Crippen LogP contribution in [0.3, 0.4) is 0 Å². The number of phenolic OH excluding ortho intramolecular Hbond substituents is 1. The highest BCUT2D eigenvalue weighted by molar-refractivity contribution is 6.02. The lowest BCUT2D eigenvalue weighted by Gasteiger charge is -2.05. The van der Waals surface area contributed by atoms with E-state index in [0.29, 0.717) is 11.8 Å². The lowest BCUT2D eigenvalue weighted by Crippen LogP contribution is -1.85. The third-order valence-corrected chi connectivity index (χ3v) is 3.01. The largest absolute Gasteiger partial charge is 0.507 e. The van der Waals surface area contributed by atoms with Gasteiger partial charge >= 0.3 is 0 Å². The van der Waals surface area contributed by atoms with Crippen LogP contribution in [0.4, 0.5) is 0 Å². The van der Waals surface area contributed by atoms with Gasteiger partial charge in [0.25, 0.3) is 0 Å². The van der Waals surface area contributed by atoms with Crippen molar-refractivity contribution in [1.29, 1.82) is 0 Å². The fraction of sp³-hybridized carbons (Fsp3) is 0.0625.